The van der Waals surface area contributed by atoms with Crippen molar-refractivity contribution in [2.24, 2.45) is 0 Å². The number of likely N-dealkylation sites (N-methyl/N-ethyl adjacent to an activating group) is 1. The molecule has 0 fully saturated rings. The van der Waals surface area contributed by atoms with E-state index in [9.17, 15) is 31.1 Å². The number of alkyl halides is 6. The molecule has 1 N–H and O–H groups in total. The van der Waals surface area contributed by atoms with Crippen LogP contribution in [0.25, 0.3) is 11.1 Å². The van der Waals surface area contributed by atoms with Crippen LogP contribution in [0.15, 0.2) is 66.7 Å². The average Bonchev–Trinajstić information content (AvgIpc) is 2.83. The number of nitriles is 1. The molecular weight excluding hydrogens is 498 g/mol. The van der Waals surface area contributed by atoms with Crippen LogP contribution in [-0.4, -0.2) is 38.1 Å². The maximum atomic E-state index is 13.3. The molecule has 0 spiro atoms. The van der Waals surface area contributed by atoms with E-state index < -0.39 is 35.2 Å². The van der Waals surface area contributed by atoms with Crippen molar-refractivity contribution in [2.75, 3.05) is 37.4 Å². The third-order valence-electron chi connectivity index (χ3n) is 5.40. The number of nitrogens with one attached hydrogen (secondary N) is 1. The number of carbonyl (C=O) groups excluding carboxylic acids is 1. The van der Waals surface area contributed by atoms with Gasteiger partial charge < -0.3 is 10.2 Å². The van der Waals surface area contributed by atoms with E-state index in [1.807, 2.05) is 6.07 Å². The summed E-state index contributed by atoms with van der Waals surface area (Å²) in [5.41, 5.74) is -1.71. The molecule has 3 aromatic rings. The molecule has 37 heavy (non-hydrogen) atoms. The van der Waals surface area contributed by atoms with Gasteiger partial charge in [-0.2, -0.15) is 31.6 Å². The predicted molar refractivity (Wildman–Crippen MR) is 128 cm³/mol. The minimum Gasteiger partial charge on any atom is -0.308 e. The normalized spacial score (nSPS) is 11.8. The van der Waals surface area contributed by atoms with E-state index in [1.54, 1.807) is 61.5 Å². The third kappa shape index (κ3) is 7.01. The first kappa shape index (κ1) is 27.5. The summed E-state index contributed by atoms with van der Waals surface area (Å²) in [7, 11) is 3.54. The third-order valence-corrected chi connectivity index (χ3v) is 5.40. The molecule has 0 heterocycles. The molecular formula is C26H22F6N4O. The van der Waals surface area contributed by atoms with Crippen LogP contribution in [0, 0.1) is 11.3 Å². The van der Waals surface area contributed by atoms with Crippen molar-refractivity contribution in [3.8, 4) is 17.2 Å². The Kier molecular flexibility index (Phi) is 8.13. The Bertz CT molecular complexity index is 1290. The van der Waals surface area contributed by atoms with E-state index in [2.05, 4.69) is 11.4 Å². The van der Waals surface area contributed by atoms with Gasteiger partial charge in [0.1, 0.15) is 0 Å². The van der Waals surface area contributed by atoms with Crippen molar-refractivity contribution < 1.29 is 31.1 Å². The zero-order valence-corrected chi connectivity index (χ0v) is 19.8. The van der Waals surface area contributed by atoms with Crippen molar-refractivity contribution >= 4 is 17.4 Å². The van der Waals surface area contributed by atoms with E-state index in [4.69, 9.17) is 5.26 Å². The molecule has 0 atom stereocenters. The Hall–Kier alpha value is -4.04. The van der Waals surface area contributed by atoms with Gasteiger partial charge in [-0.15, -0.1) is 0 Å². The first-order chi connectivity index (χ1) is 17.3. The van der Waals surface area contributed by atoms with E-state index in [0.717, 1.165) is 17.2 Å². The molecule has 3 rings (SSSR count). The number of anilines is 2. The Morgan fingerprint density at radius 2 is 1.49 bits per heavy atom. The number of benzene rings is 3. The lowest BCUT2D eigenvalue weighted by atomic mass is 10.0. The van der Waals surface area contributed by atoms with E-state index in [1.165, 1.54) is 4.90 Å². The fraction of sp³-hybridized carbons (Fsp3) is 0.231. The number of amides is 2. The van der Waals surface area contributed by atoms with E-state index >= 15 is 0 Å². The lowest BCUT2D eigenvalue weighted by molar-refractivity contribution is -0.162. The molecule has 194 valence electrons. The second-order valence-corrected chi connectivity index (χ2v) is 8.38. The largest absolute Gasteiger partial charge is 0.417 e. The molecule has 0 saturated carbocycles. The van der Waals surface area contributed by atoms with Crippen LogP contribution in [-0.2, 0) is 12.4 Å². The molecule has 0 aliphatic rings. The number of rotatable bonds is 6. The molecule has 0 aliphatic heterocycles. The zero-order chi connectivity index (χ0) is 27.4. The molecule has 0 saturated heterocycles. The predicted octanol–water partition coefficient (Wildman–Crippen LogP) is 6.86. The van der Waals surface area contributed by atoms with Gasteiger partial charge in [-0.3, -0.25) is 4.90 Å². The van der Waals surface area contributed by atoms with Gasteiger partial charge in [0.25, 0.3) is 0 Å². The van der Waals surface area contributed by atoms with Crippen molar-refractivity contribution in [3.05, 3.63) is 83.4 Å². The van der Waals surface area contributed by atoms with Gasteiger partial charge in [0.15, 0.2) is 0 Å². The Morgan fingerprint density at radius 1 is 0.838 bits per heavy atom. The van der Waals surface area contributed by atoms with Gasteiger partial charge in [0, 0.05) is 24.5 Å². The fourth-order valence-electron chi connectivity index (χ4n) is 3.54. The lowest BCUT2D eigenvalue weighted by Crippen LogP contribution is -2.39. The van der Waals surface area contributed by atoms with Crippen LogP contribution < -0.4 is 10.2 Å². The first-order valence-corrected chi connectivity index (χ1v) is 10.9. The Balaban J connectivity index is 1.91. The van der Waals surface area contributed by atoms with Crippen LogP contribution in [0.3, 0.4) is 0 Å². The minimum absolute atomic E-state index is 0.148. The maximum absolute atomic E-state index is 13.3. The average molecular weight is 520 g/mol. The molecule has 0 unspecified atom stereocenters. The zero-order valence-electron chi connectivity index (χ0n) is 19.8. The summed E-state index contributed by atoms with van der Waals surface area (Å²) < 4.78 is 79.2. The number of nitrogens with zero attached hydrogens (tertiary/aromatic N) is 3. The summed E-state index contributed by atoms with van der Waals surface area (Å²) in [6, 6.07) is 16.2. The molecule has 3 aromatic carbocycles. The summed E-state index contributed by atoms with van der Waals surface area (Å²) >= 11 is 0. The van der Waals surface area contributed by atoms with Crippen LogP contribution >= 0.6 is 0 Å². The second-order valence-electron chi connectivity index (χ2n) is 8.38. The minimum atomic E-state index is -5.27. The summed E-state index contributed by atoms with van der Waals surface area (Å²) in [6.45, 7) is 0.551. The lowest BCUT2D eigenvalue weighted by Gasteiger charge is -2.25. The van der Waals surface area contributed by atoms with Gasteiger partial charge in [-0.25, -0.2) is 4.79 Å². The van der Waals surface area contributed by atoms with Crippen molar-refractivity contribution in [1.82, 2.24) is 4.90 Å². The van der Waals surface area contributed by atoms with E-state index in [-0.39, 0.29) is 12.6 Å². The first-order valence-electron chi connectivity index (χ1n) is 10.9. The van der Waals surface area contributed by atoms with Gasteiger partial charge in [-0.1, -0.05) is 24.3 Å². The molecule has 11 heteroatoms. The van der Waals surface area contributed by atoms with Crippen LogP contribution in [0.4, 0.5) is 42.5 Å². The monoisotopic (exact) mass is 520 g/mol. The van der Waals surface area contributed by atoms with Crippen molar-refractivity contribution in [3.63, 3.8) is 0 Å². The van der Waals surface area contributed by atoms with Gasteiger partial charge in [-0.05, 0) is 67.7 Å². The molecule has 0 radical (unpaired) electrons. The van der Waals surface area contributed by atoms with Crippen LogP contribution in [0.2, 0.25) is 0 Å². The molecule has 0 aliphatic carbocycles. The van der Waals surface area contributed by atoms with Crippen LogP contribution in [0.5, 0.6) is 0 Å². The van der Waals surface area contributed by atoms with Crippen LogP contribution in [0.1, 0.15) is 16.7 Å². The standard InChI is InChI=1S/C26H22F6N4O/c1-35(2)12-13-36(21-9-6-18(7-10-21)19-5-3-4-17(14-19)16-33)24(37)34-20-8-11-22(25(27,28)29)23(15-20)26(30,31)32/h3-11,14-15H,12-13H2,1-2H3,(H,34,37). The summed E-state index contributed by atoms with van der Waals surface area (Å²) in [5, 5.41) is 11.4. The highest BCUT2D eigenvalue weighted by Gasteiger charge is 2.43. The molecule has 0 aromatic heterocycles. The highest BCUT2D eigenvalue weighted by molar-refractivity contribution is 6.02. The number of carbonyl (C=O) groups is 1. The van der Waals surface area contributed by atoms with Gasteiger partial charge in [0.05, 0.1) is 22.8 Å². The number of halogens is 6. The summed E-state index contributed by atoms with van der Waals surface area (Å²) in [6.07, 6.45) is -10.5. The fourth-order valence-corrected chi connectivity index (χ4v) is 3.54. The smallest absolute Gasteiger partial charge is 0.308 e. The maximum Gasteiger partial charge on any atom is 0.417 e. The topological polar surface area (TPSA) is 59.4 Å². The Labute approximate surface area is 209 Å². The van der Waals surface area contributed by atoms with Crippen molar-refractivity contribution in [1.29, 1.82) is 5.26 Å². The summed E-state index contributed by atoms with van der Waals surface area (Å²) in [5.74, 6) is 0. The van der Waals surface area contributed by atoms with E-state index in [0.29, 0.717) is 23.9 Å². The van der Waals surface area contributed by atoms with Gasteiger partial charge in [0.2, 0.25) is 0 Å². The molecule has 2 amide bonds. The number of hydrogen-bond donors (Lipinski definition) is 1. The second kappa shape index (κ2) is 10.9. The number of urea groups is 1. The Morgan fingerprint density at radius 3 is 2.05 bits per heavy atom. The SMILES string of the molecule is CN(C)CCN(C(=O)Nc1ccc(C(F)(F)F)c(C(F)(F)F)c1)c1ccc(-c2cccc(C#N)c2)cc1. The highest BCUT2D eigenvalue weighted by Crippen LogP contribution is 2.41. The molecule has 5 nitrogen and oxygen atoms in total. The molecule has 0 bridgehead atoms. The van der Waals surface area contributed by atoms with Gasteiger partial charge >= 0.3 is 18.4 Å². The highest BCUT2D eigenvalue weighted by atomic mass is 19.4. The quantitative estimate of drug-likeness (QED) is 0.361. The van der Waals surface area contributed by atoms with Crippen molar-refractivity contribution in [2.45, 2.75) is 12.4 Å². The number of hydrogen-bond acceptors (Lipinski definition) is 3. The summed E-state index contributed by atoms with van der Waals surface area (Å²) in [4.78, 5) is 16.1.